The summed E-state index contributed by atoms with van der Waals surface area (Å²) in [5.74, 6) is -4.24. The Morgan fingerprint density at radius 2 is 1.47 bits per heavy atom. The molecule has 12 heteroatoms. The summed E-state index contributed by atoms with van der Waals surface area (Å²) in [7, 11) is 0. The van der Waals surface area contributed by atoms with Crippen LogP contribution in [0.1, 0.15) is 47.0 Å². The van der Waals surface area contributed by atoms with E-state index in [1.54, 1.807) is 0 Å². The minimum absolute atomic E-state index is 0.144. The molecule has 5 unspecified atom stereocenters. The summed E-state index contributed by atoms with van der Waals surface area (Å²) in [6.07, 6.45) is -1.36. The Kier molecular flexibility index (Phi) is 11.6. The number of amides is 4. The van der Waals surface area contributed by atoms with Crippen molar-refractivity contribution in [1.29, 1.82) is 0 Å². The molecule has 0 bridgehead atoms. The lowest BCUT2D eigenvalue weighted by molar-refractivity contribution is -0.142. The highest BCUT2D eigenvalue weighted by molar-refractivity contribution is 5.94. The normalized spacial score (nSPS) is 16.0. The zero-order valence-electron chi connectivity index (χ0n) is 17.7. The first-order chi connectivity index (χ1) is 13.8. The van der Waals surface area contributed by atoms with Crippen LogP contribution in [0.15, 0.2) is 0 Å². The molecule has 0 aromatic heterocycles. The van der Waals surface area contributed by atoms with E-state index >= 15 is 0 Å². The van der Waals surface area contributed by atoms with Crippen LogP contribution in [-0.2, 0) is 24.0 Å². The molecular weight excluding hydrogens is 398 g/mol. The van der Waals surface area contributed by atoms with Crippen LogP contribution < -0.4 is 27.4 Å². The number of carboxylic acids is 1. The fourth-order valence-electron chi connectivity index (χ4n) is 2.49. The number of carbonyl (C=O) groups is 5. The predicted molar refractivity (Wildman–Crippen MR) is 107 cm³/mol. The van der Waals surface area contributed by atoms with Crippen molar-refractivity contribution >= 4 is 29.6 Å². The molecule has 0 aliphatic heterocycles. The average Bonchev–Trinajstić information content (AvgIpc) is 2.60. The van der Waals surface area contributed by atoms with Gasteiger partial charge in [-0.1, -0.05) is 13.8 Å². The molecule has 0 aromatic rings. The van der Waals surface area contributed by atoms with Gasteiger partial charge in [0.2, 0.25) is 23.6 Å². The standard InChI is InChI=1S/C18H33N5O7/c1-8(2)7-11(19)16(27)23-14(10(4)24)17(28)21-9(3)15(26)22-12(18(29)30)5-6-13(20)25/h8-12,14,24H,5-7,19H2,1-4H3,(H2,20,25)(H,21,28)(H,22,26)(H,23,27)(H,29,30). The van der Waals surface area contributed by atoms with Crippen LogP contribution in [0.25, 0.3) is 0 Å². The van der Waals surface area contributed by atoms with Gasteiger partial charge in [0.25, 0.3) is 0 Å². The lowest BCUT2D eigenvalue weighted by Crippen LogP contribution is -2.59. The number of carbonyl (C=O) groups excluding carboxylic acids is 4. The first-order valence-corrected chi connectivity index (χ1v) is 9.62. The van der Waals surface area contributed by atoms with E-state index < -0.39 is 59.9 Å². The number of hydrogen-bond acceptors (Lipinski definition) is 7. The first kappa shape index (κ1) is 27.3. The van der Waals surface area contributed by atoms with Crippen LogP contribution in [-0.4, -0.2) is 70.1 Å². The largest absolute Gasteiger partial charge is 0.480 e. The van der Waals surface area contributed by atoms with Crippen molar-refractivity contribution in [2.45, 2.75) is 77.2 Å². The fraction of sp³-hybridized carbons (Fsp3) is 0.722. The van der Waals surface area contributed by atoms with E-state index in [0.717, 1.165) is 0 Å². The smallest absolute Gasteiger partial charge is 0.326 e. The van der Waals surface area contributed by atoms with Crippen molar-refractivity contribution in [3.8, 4) is 0 Å². The van der Waals surface area contributed by atoms with Gasteiger partial charge in [-0.2, -0.15) is 0 Å². The highest BCUT2D eigenvalue weighted by Gasteiger charge is 2.31. The van der Waals surface area contributed by atoms with E-state index in [2.05, 4.69) is 16.0 Å². The highest BCUT2D eigenvalue weighted by atomic mass is 16.4. The Bertz CT molecular complexity index is 638. The lowest BCUT2D eigenvalue weighted by atomic mass is 10.0. The summed E-state index contributed by atoms with van der Waals surface area (Å²) in [5.41, 5.74) is 10.7. The Hall–Kier alpha value is -2.73. The molecule has 0 aliphatic carbocycles. The molecule has 0 aromatic carbocycles. The van der Waals surface area contributed by atoms with Crippen LogP contribution in [0, 0.1) is 5.92 Å². The van der Waals surface area contributed by atoms with E-state index in [1.165, 1.54) is 13.8 Å². The van der Waals surface area contributed by atoms with E-state index in [4.69, 9.17) is 16.6 Å². The average molecular weight is 431 g/mol. The van der Waals surface area contributed by atoms with Crippen LogP contribution in [0.4, 0.5) is 0 Å². The second-order valence-corrected chi connectivity index (χ2v) is 7.60. The number of primary amides is 1. The summed E-state index contributed by atoms with van der Waals surface area (Å²) in [5, 5.41) is 25.8. The second kappa shape index (κ2) is 12.8. The summed E-state index contributed by atoms with van der Waals surface area (Å²) >= 11 is 0. The van der Waals surface area contributed by atoms with E-state index in [1.807, 2.05) is 13.8 Å². The molecule has 0 saturated carbocycles. The fourth-order valence-corrected chi connectivity index (χ4v) is 2.49. The van der Waals surface area contributed by atoms with Crippen molar-refractivity contribution in [1.82, 2.24) is 16.0 Å². The van der Waals surface area contributed by atoms with Crippen molar-refractivity contribution in [3.63, 3.8) is 0 Å². The molecule has 0 radical (unpaired) electrons. The van der Waals surface area contributed by atoms with Crippen LogP contribution in [0.3, 0.4) is 0 Å². The molecule has 0 rings (SSSR count). The summed E-state index contributed by atoms with van der Waals surface area (Å²) in [4.78, 5) is 58.8. The van der Waals surface area contributed by atoms with Gasteiger partial charge in [0.05, 0.1) is 12.1 Å². The Balaban J connectivity index is 4.97. The summed E-state index contributed by atoms with van der Waals surface area (Å²) in [6.45, 7) is 6.33. The Morgan fingerprint density at radius 1 is 0.900 bits per heavy atom. The number of nitrogens with two attached hydrogens (primary N) is 2. The van der Waals surface area contributed by atoms with Gasteiger partial charge in [0.1, 0.15) is 18.1 Å². The SMILES string of the molecule is CC(C)CC(N)C(=O)NC(C(=O)NC(C)C(=O)NC(CCC(N)=O)C(=O)O)C(C)O. The van der Waals surface area contributed by atoms with E-state index in [0.29, 0.717) is 6.42 Å². The van der Waals surface area contributed by atoms with Crippen LogP contribution in [0.5, 0.6) is 0 Å². The van der Waals surface area contributed by atoms with E-state index in [-0.39, 0.29) is 18.8 Å². The molecule has 0 heterocycles. The van der Waals surface area contributed by atoms with Crippen molar-refractivity contribution in [3.05, 3.63) is 0 Å². The van der Waals surface area contributed by atoms with Gasteiger partial charge in [-0.25, -0.2) is 4.79 Å². The van der Waals surface area contributed by atoms with Crippen LogP contribution >= 0.6 is 0 Å². The maximum absolute atomic E-state index is 12.4. The summed E-state index contributed by atoms with van der Waals surface area (Å²) in [6, 6.07) is -4.79. The van der Waals surface area contributed by atoms with Gasteiger partial charge in [-0.15, -0.1) is 0 Å². The maximum atomic E-state index is 12.4. The van der Waals surface area contributed by atoms with Gasteiger partial charge in [-0.05, 0) is 32.6 Å². The zero-order valence-corrected chi connectivity index (χ0v) is 17.7. The number of carboxylic acid groups (broad SMARTS) is 1. The number of hydrogen-bond donors (Lipinski definition) is 7. The number of aliphatic hydroxyl groups is 1. The molecule has 9 N–H and O–H groups in total. The second-order valence-electron chi connectivity index (χ2n) is 7.60. The highest BCUT2D eigenvalue weighted by Crippen LogP contribution is 2.04. The molecule has 5 atom stereocenters. The maximum Gasteiger partial charge on any atom is 0.326 e. The lowest BCUT2D eigenvalue weighted by Gasteiger charge is -2.25. The molecule has 4 amide bonds. The third-order valence-electron chi connectivity index (χ3n) is 4.17. The first-order valence-electron chi connectivity index (χ1n) is 9.62. The van der Waals surface area contributed by atoms with Crippen molar-refractivity contribution in [2.24, 2.45) is 17.4 Å². The Morgan fingerprint density at radius 3 is 1.90 bits per heavy atom. The number of aliphatic carboxylic acids is 1. The molecule has 0 fully saturated rings. The third-order valence-corrected chi connectivity index (χ3v) is 4.17. The molecule has 12 nitrogen and oxygen atoms in total. The zero-order chi connectivity index (χ0) is 23.6. The van der Waals surface area contributed by atoms with Gasteiger partial charge >= 0.3 is 5.97 Å². The molecule has 0 aliphatic rings. The van der Waals surface area contributed by atoms with Gasteiger partial charge in [0.15, 0.2) is 0 Å². The predicted octanol–water partition coefficient (Wildman–Crippen LogP) is -2.43. The number of rotatable bonds is 13. The third kappa shape index (κ3) is 10.2. The summed E-state index contributed by atoms with van der Waals surface area (Å²) < 4.78 is 0. The minimum Gasteiger partial charge on any atom is -0.480 e. The van der Waals surface area contributed by atoms with Crippen molar-refractivity contribution < 1.29 is 34.2 Å². The molecule has 30 heavy (non-hydrogen) atoms. The minimum atomic E-state index is -1.37. The van der Waals surface area contributed by atoms with Crippen LogP contribution in [0.2, 0.25) is 0 Å². The molecule has 0 spiro atoms. The molecular formula is C18H33N5O7. The van der Waals surface area contributed by atoms with Gasteiger partial charge < -0.3 is 37.6 Å². The quantitative estimate of drug-likeness (QED) is 0.166. The molecule has 172 valence electrons. The topological polar surface area (TPSA) is 214 Å². The number of nitrogens with one attached hydrogen (secondary N) is 3. The monoisotopic (exact) mass is 431 g/mol. The van der Waals surface area contributed by atoms with Crippen molar-refractivity contribution in [2.75, 3.05) is 0 Å². The molecule has 0 saturated heterocycles. The van der Waals surface area contributed by atoms with Gasteiger partial charge in [-0.3, -0.25) is 19.2 Å². The van der Waals surface area contributed by atoms with Gasteiger partial charge in [0, 0.05) is 6.42 Å². The number of aliphatic hydroxyl groups excluding tert-OH is 1. The Labute approximate surface area is 175 Å². The van der Waals surface area contributed by atoms with E-state index in [9.17, 15) is 29.1 Å².